The minimum Gasteiger partial charge on any atom is -0.472 e. The van der Waals surface area contributed by atoms with Crippen molar-refractivity contribution in [1.29, 1.82) is 0 Å². The fraction of sp³-hybridized carbons (Fsp3) is 0.500. The molecule has 3 atom stereocenters. The Morgan fingerprint density at radius 3 is 2.70 bits per heavy atom. The minimum atomic E-state index is -0.277. The number of aliphatic hydroxyl groups excluding tert-OH is 1. The molecule has 3 rings (SSSR count). The van der Waals surface area contributed by atoms with Crippen LogP contribution < -0.4 is 4.74 Å². The maximum atomic E-state index is 13.4. The fourth-order valence-corrected chi connectivity index (χ4v) is 3.89. The van der Waals surface area contributed by atoms with E-state index >= 15 is 0 Å². The molecule has 1 aromatic heterocycles. The number of benzene rings is 1. The second-order valence-corrected chi connectivity index (χ2v) is 8.33. The van der Waals surface area contributed by atoms with Gasteiger partial charge in [-0.2, -0.15) is 0 Å². The lowest BCUT2D eigenvalue weighted by Gasteiger charge is -2.37. The highest BCUT2D eigenvalue weighted by atomic mass is 16.5. The summed E-state index contributed by atoms with van der Waals surface area (Å²) in [4.78, 5) is 22.0. The van der Waals surface area contributed by atoms with E-state index in [-0.39, 0.29) is 30.6 Å². The Balaban J connectivity index is 2.01. The third-order valence-corrected chi connectivity index (χ3v) is 5.73. The molecule has 162 valence electrons. The van der Waals surface area contributed by atoms with Gasteiger partial charge in [0.2, 0.25) is 5.88 Å². The van der Waals surface area contributed by atoms with Crippen molar-refractivity contribution in [3.05, 3.63) is 48.2 Å². The number of carbonyl (C=O) groups excluding carboxylic acids is 1. The number of pyridine rings is 1. The molecule has 0 saturated heterocycles. The van der Waals surface area contributed by atoms with Crippen molar-refractivity contribution in [2.75, 3.05) is 33.3 Å². The number of amides is 1. The molecule has 0 bridgehead atoms. The van der Waals surface area contributed by atoms with Crippen molar-refractivity contribution in [3.8, 4) is 17.0 Å². The number of rotatable bonds is 7. The third-order valence-electron chi connectivity index (χ3n) is 5.73. The number of aromatic nitrogens is 1. The van der Waals surface area contributed by atoms with Gasteiger partial charge in [0.1, 0.15) is 11.7 Å². The van der Waals surface area contributed by atoms with Gasteiger partial charge in [0.05, 0.1) is 12.6 Å². The van der Waals surface area contributed by atoms with Crippen LogP contribution in [0.2, 0.25) is 0 Å². The second kappa shape index (κ2) is 10.0. The Kier molecular flexibility index (Phi) is 7.45. The Hall–Kier alpha value is -2.44. The smallest absolute Gasteiger partial charge is 0.259 e. The molecule has 0 aliphatic carbocycles. The van der Waals surface area contributed by atoms with Gasteiger partial charge in [-0.3, -0.25) is 4.79 Å². The summed E-state index contributed by atoms with van der Waals surface area (Å²) in [5.74, 6) is 0.325. The highest BCUT2D eigenvalue weighted by Crippen LogP contribution is 2.30. The van der Waals surface area contributed by atoms with Crippen molar-refractivity contribution in [1.82, 2.24) is 14.8 Å². The maximum absolute atomic E-state index is 13.4. The summed E-state index contributed by atoms with van der Waals surface area (Å²) in [6.07, 6.45) is 2.73. The largest absolute Gasteiger partial charge is 0.472 e. The Labute approximate surface area is 179 Å². The molecule has 2 heterocycles. The number of hydrogen-bond acceptors (Lipinski definition) is 5. The molecular weight excluding hydrogens is 378 g/mol. The van der Waals surface area contributed by atoms with Gasteiger partial charge in [-0.15, -0.1) is 0 Å². The van der Waals surface area contributed by atoms with E-state index < -0.39 is 0 Å². The van der Waals surface area contributed by atoms with Crippen LogP contribution in [-0.4, -0.2) is 71.2 Å². The van der Waals surface area contributed by atoms with E-state index in [1.165, 1.54) is 0 Å². The predicted octanol–water partition coefficient (Wildman–Crippen LogP) is 3.31. The van der Waals surface area contributed by atoms with E-state index in [0.717, 1.165) is 30.6 Å². The first kappa shape index (κ1) is 22.2. The zero-order chi connectivity index (χ0) is 21.7. The zero-order valence-corrected chi connectivity index (χ0v) is 18.4. The molecule has 1 aromatic carbocycles. The summed E-state index contributed by atoms with van der Waals surface area (Å²) < 4.78 is 6.33. The van der Waals surface area contributed by atoms with Gasteiger partial charge in [-0.05, 0) is 38.6 Å². The standard InChI is InChI=1S/C24H33N3O3/c1-5-11-26(4)15-22-17(2)14-27(18(3)16-28)24(29)21-12-20(13-25-23(21)30-22)19-9-7-6-8-10-19/h6-10,12-13,17-18,22,28H,5,11,14-16H2,1-4H3/t17-,18-,22-/m1/s1. The van der Waals surface area contributed by atoms with Gasteiger partial charge in [-0.1, -0.05) is 44.2 Å². The van der Waals surface area contributed by atoms with E-state index in [1.54, 1.807) is 11.1 Å². The average molecular weight is 412 g/mol. The molecular formula is C24H33N3O3. The minimum absolute atomic E-state index is 0.0825. The van der Waals surface area contributed by atoms with Crippen LogP contribution in [0.3, 0.4) is 0 Å². The highest BCUT2D eigenvalue weighted by Gasteiger charge is 2.34. The second-order valence-electron chi connectivity index (χ2n) is 8.33. The number of nitrogens with zero attached hydrogens (tertiary/aromatic N) is 3. The summed E-state index contributed by atoms with van der Waals surface area (Å²) in [6.45, 7) is 8.31. The molecule has 2 aromatic rings. The molecule has 0 spiro atoms. The summed E-state index contributed by atoms with van der Waals surface area (Å²) in [5, 5.41) is 9.77. The van der Waals surface area contributed by atoms with Crippen LogP contribution in [0.1, 0.15) is 37.6 Å². The molecule has 1 aliphatic rings. The van der Waals surface area contributed by atoms with E-state index in [2.05, 4.69) is 30.8 Å². The third kappa shape index (κ3) is 4.99. The molecule has 1 aliphatic heterocycles. The number of carbonyl (C=O) groups is 1. The van der Waals surface area contributed by atoms with Crippen LogP contribution in [0, 0.1) is 5.92 Å². The van der Waals surface area contributed by atoms with Gasteiger partial charge in [-0.25, -0.2) is 4.98 Å². The van der Waals surface area contributed by atoms with Crippen molar-refractivity contribution >= 4 is 5.91 Å². The van der Waals surface area contributed by atoms with Gasteiger partial charge in [0.15, 0.2) is 0 Å². The van der Waals surface area contributed by atoms with E-state index in [1.807, 2.05) is 43.3 Å². The van der Waals surface area contributed by atoms with E-state index in [9.17, 15) is 9.90 Å². The lowest BCUT2D eigenvalue weighted by molar-refractivity contribution is 0.0331. The first-order valence-electron chi connectivity index (χ1n) is 10.8. The molecule has 0 radical (unpaired) electrons. The van der Waals surface area contributed by atoms with E-state index in [4.69, 9.17) is 4.74 Å². The summed E-state index contributed by atoms with van der Waals surface area (Å²) in [6, 6.07) is 11.5. The molecule has 1 amide bonds. The predicted molar refractivity (Wildman–Crippen MR) is 119 cm³/mol. The average Bonchev–Trinajstić information content (AvgIpc) is 2.76. The fourth-order valence-electron chi connectivity index (χ4n) is 3.89. The number of aliphatic hydroxyl groups is 1. The lowest BCUT2D eigenvalue weighted by atomic mass is 9.99. The van der Waals surface area contributed by atoms with Crippen LogP contribution in [0.25, 0.3) is 11.1 Å². The Morgan fingerprint density at radius 2 is 2.03 bits per heavy atom. The zero-order valence-electron chi connectivity index (χ0n) is 18.4. The number of fused-ring (bicyclic) bond motifs is 1. The quantitative estimate of drug-likeness (QED) is 0.757. The Bertz CT molecular complexity index is 843. The van der Waals surface area contributed by atoms with Crippen LogP contribution in [0.5, 0.6) is 5.88 Å². The molecule has 6 nitrogen and oxygen atoms in total. The maximum Gasteiger partial charge on any atom is 0.259 e. The molecule has 1 N–H and O–H groups in total. The number of hydrogen-bond donors (Lipinski definition) is 1. The van der Waals surface area contributed by atoms with Crippen molar-refractivity contribution in [3.63, 3.8) is 0 Å². The van der Waals surface area contributed by atoms with Crippen LogP contribution in [-0.2, 0) is 0 Å². The number of likely N-dealkylation sites (N-methyl/N-ethyl adjacent to an activating group) is 1. The summed E-state index contributed by atoms with van der Waals surface area (Å²) in [5.41, 5.74) is 2.32. The summed E-state index contributed by atoms with van der Waals surface area (Å²) >= 11 is 0. The molecule has 6 heteroatoms. The lowest BCUT2D eigenvalue weighted by Crippen LogP contribution is -2.50. The monoisotopic (exact) mass is 411 g/mol. The van der Waals surface area contributed by atoms with Crippen molar-refractivity contribution in [2.24, 2.45) is 5.92 Å². The first-order chi connectivity index (χ1) is 14.4. The molecule has 30 heavy (non-hydrogen) atoms. The van der Waals surface area contributed by atoms with Crippen molar-refractivity contribution < 1.29 is 14.6 Å². The Morgan fingerprint density at radius 1 is 1.30 bits per heavy atom. The van der Waals surface area contributed by atoms with E-state index in [0.29, 0.717) is 18.0 Å². The van der Waals surface area contributed by atoms with Crippen molar-refractivity contribution in [2.45, 2.75) is 39.3 Å². The molecule has 0 fully saturated rings. The van der Waals surface area contributed by atoms with Gasteiger partial charge < -0.3 is 19.6 Å². The van der Waals surface area contributed by atoms with Gasteiger partial charge in [0.25, 0.3) is 5.91 Å². The van der Waals surface area contributed by atoms with Crippen LogP contribution >= 0.6 is 0 Å². The van der Waals surface area contributed by atoms with Gasteiger partial charge in [0, 0.05) is 30.8 Å². The normalized spacial score (nSPS) is 20.3. The topological polar surface area (TPSA) is 65.9 Å². The van der Waals surface area contributed by atoms with Gasteiger partial charge >= 0.3 is 0 Å². The SMILES string of the molecule is CCCN(C)C[C@H]1Oc2ncc(-c3ccccc3)cc2C(=O)N([C@H](C)CO)C[C@H]1C. The highest BCUT2D eigenvalue weighted by molar-refractivity contribution is 5.98. The van der Waals surface area contributed by atoms with Crippen LogP contribution in [0.15, 0.2) is 42.6 Å². The molecule has 0 saturated carbocycles. The summed E-state index contributed by atoms with van der Waals surface area (Å²) in [7, 11) is 2.09. The molecule has 0 unspecified atom stereocenters. The first-order valence-corrected chi connectivity index (χ1v) is 10.8. The number of ether oxygens (including phenoxy) is 1. The van der Waals surface area contributed by atoms with Crippen LogP contribution in [0.4, 0.5) is 0 Å².